The predicted molar refractivity (Wildman–Crippen MR) is 63.0 cm³/mol. The molecule has 1 amide bonds. The first kappa shape index (κ1) is 12.0. The molecule has 5 N–H and O–H groups in total. The number of nitrogens with two attached hydrogens (primary N) is 1. The van der Waals surface area contributed by atoms with Crippen LogP contribution in [-0.2, 0) is 14.3 Å². The number of hydrogen-bond acceptors (Lipinski definition) is 9. The molecule has 4 aliphatic heterocycles. The largest absolute Gasteiger partial charge is 0.394 e. The number of epoxide rings is 1. The van der Waals surface area contributed by atoms with Gasteiger partial charge in [-0.2, -0.15) is 4.99 Å². The first-order chi connectivity index (χ1) is 9.52. The number of rotatable bonds is 2. The molecule has 0 aliphatic carbocycles. The number of guanidine groups is 1. The molecule has 0 aromatic carbocycles. The predicted octanol–water partition coefficient (Wildman–Crippen LogP) is -3.38. The summed E-state index contributed by atoms with van der Waals surface area (Å²) in [4.78, 5) is 21.6. The van der Waals surface area contributed by atoms with Gasteiger partial charge in [0.2, 0.25) is 0 Å². The van der Waals surface area contributed by atoms with Crippen LogP contribution in [0.5, 0.6) is 0 Å². The van der Waals surface area contributed by atoms with Crippen LogP contribution >= 0.6 is 0 Å². The van der Waals surface area contributed by atoms with Crippen LogP contribution in [0.1, 0.15) is 6.42 Å². The fraction of sp³-hybridized carbons (Fsp3) is 0.700. The van der Waals surface area contributed by atoms with Crippen LogP contribution in [0.2, 0.25) is 0 Å². The summed E-state index contributed by atoms with van der Waals surface area (Å²) in [6.07, 6.45) is -0.435. The van der Waals surface area contributed by atoms with Gasteiger partial charge in [0.1, 0.15) is 12.3 Å². The van der Waals surface area contributed by atoms with E-state index >= 15 is 0 Å². The minimum absolute atomic E-state index is 0.0594. The van der Waals surface area contributed by atoms with Crippen molar-refractivity contribution in [1.82, 2.24) is 10.2 Å². The van der Waals surface area contributed by atoms with Gasteiger partial charge in [-0.1, -0.05) is 0 Å². The Morgan fingerprint density at radius 3 is 3.15 bits per heavy atom. The van der Waals surface area contributed by atoms with Crippen molar-refractivity contribution in [2.45, 2.75) is 36.4 Å². The maximum absolute atomic E-state index is 11.9. The van der Waals surface area contributed by atoms with E-state index in [0.717, 1.165) is 0 Å². The van der Waals surface area contributed by atoms with Gasteiger partial charge in [0.15, 0.2) is 5.96 Å². The molecule has 10 nitrogen and oxygen atoms in total. The zero-order valence-electron chi connectivity index (χ0n) is 10.3. The van der Waals surface area contributed by atoms with Gasteiger partial charge in [-0.15, -0.1) is 0 Å². The van der Waals surface area contributed by atoms with E-state index in [9.17, 15) is 9.90 Å². The van der Waals surface area contributed by atoms with Gasteiger partial charge >= 0.3 is 11.6 Å². The van der Waals surface area contributed by atoms with Crippen LogP contribution in [0.25, 0.3) is 0 Å². The molecule has 4 rings (SSSR count). The van der Waals surface area contributed by atoms with Crippen LogP contribution in [0.15, 0.2) is 9.98 Å². The normalized spacial score (nSPS) is 48.7. The van der Waals surface area contributed by atoms with Gasteiger partial charge in [-0.05, 0) is 0 Å². The van der Waals surface area contributed by atoms with Crippen molar-refractivity contribution in [1.29, 1.82) is 0 Å². The van der Waals surface area contributed by atoms with Gasteiger partial charge in [0.25, 0.3) is 5.91 Å². The Hall–Kier alpha value is -1.75. The zero-order chi connectivity index (χ0) is 14.1. The second kappa shape index (κ2) is 3.47. The third kappa shape index (κ3) is 1.19. The number of aliphatic hydroxyl groups excluding tert-OH is 2. The molecule has 0 bridgehead atoms. The molecule has 0 spiro atoms. The average molecular weight is 283 g/mol. The highest BCUT2D eigenvalue weighted by molar-refractivity contribution is 6.07. The number of hydrogen-bond donors (Lipinski definition) is 4. The molecule has 10 heteroatoms. The van der Waals surface area contributed by atoms with E-state index in [-0.39, 0.29) is 19.0 Å². The van der Waals surface area contributed by atoms with E-state index in [1.807, 2.05) is 0 Å². The number of nitrogens with one attached hydrogen (secondary N) is 1. The van der Waals surface area contributed by atoms with Crippen LogP contribution in [0.4, 0.5) is 0 Å². The Labute approximate surface area is 112 Å². The van der Waals surface area contributed by atoms with Crippen LogP contribution in [0.3, 0.4) is 0 Å². The van der Waals surface area contributed by atoms with E-state index in [0.29, 0.717) is 0 Å². The monoisotopic (exact) mass is 283 g/mol. The Morgan fingerprint density at radius 2 is 2.45 bits per heavy atom. The lowest BCUT2D eigenvalue weighted by Gasteiger charge is -2.28. The number of aliphatic hydroxyl groups is 2. The summed E-state index contributed by atoms with van der Waals surface area (Å²) < 4.78 is 11.0. The molecule has 2 fully saturated rings. The molecule has 5 atom stereocenters. The van der Waals surface area contributed by atoms with Crippen molar-refractivity contribution < 1.29 is 24.5 Å². The van der Waals surface area contributed by atoms with E-state index in [4.69, 9.17) is 20.3 Å². The molecule has 2 unspecified atom stereocenters. The van der Waals surface area contributed by atoms with E-state index < -0.39 is 35.9 Å². The number of carbonyl (C=O) groups excluding carboxylic acids is 1. The van der Waals surface area contributed by atoms with Crippen molar-refractivity contribution in [2.24, 2.45) is 15.7 Å². The van der Waals surface area contributed by atoms with Crippen molar-refractivity contribution in [3.63, 3.8) is 0 Å². The average Bonchev–Trinajstić information content (AvgIpc) is 2.74. The maximum atomic E-state index is 11.9. The minimum Gasteiger partial charge on any atom is -0.394 e. The molecule has 2 saturated heterocycles. The summed E-state index contributed by atoms with van der Waals surface area (Å²) >= 11 is 0. The number of ether oxygens (including phenoxy) is 2. The van der Waals surface area contributed by atoms with Gasteiger partial charge in [0.05, 0.1) is 19.0 Å². The first-order valence-corrected chi connectivity index (χ1v) is 6.17. The highest BCUT2D eigenvalue weighted by Gasteiger charge is 2.85. The fourth-order valence-corrected chi connectivity index (χ4v) is 2.86. The summed E-state index contributed by atoms with van der Waals surface area (Å²) in [5.41, 5.74) is 4.14. The summed E-state index contributed by atoms with van der Waals surface area (Å²) in [5, 5.41) is 21.2. The first-order valence-electron chi connectivity index (χ1n) is 6.17. The fourth-order valence-electron chi connectivity index (χ4n) is 2.86. The topological polar surface area (TPSA) is 145 Å². The maximum Gasteiger partial charge on any atom is 0.316 e. The lowest BCUT2D eigenvalue weighted by Crippen LogP contribution is -2.55. The van der Waals surface area contributed by atoms with E-state index in [2.05, 4.69) is 15.3 Å². The summed E-state index contributed by atoms with van der Waals surface area (Å²) in [5.74, 6) is -1.87. The van der Waals surface area contributed by atoms with Gasteiger partial charge in [-0.25, -0.2) is 4.99 Å². The minimum atomic E-state index is -1.42. The van der Waals surface area contributed by atoms with E-state index in [1.165, 1.54) is 11.2 Å². The quantitative estimate of drug-likeness (QED) is 0.387. The van der Waals surface area contributed by atoms with Gasteiger partial charge < -0.3 is 20.7 Å². The molecule has 0 aromatic rings. The van der Waals surface area contributed by atoms with Crippen molar-refractivity contribution in [3.8, 4) is 0 Å². The summed E-state index contributed by atoms with van der Waals surface area (Å²) in [6.45, 7) is -0.298. The standard InChI is InChI=1S/C10H13N5O5/c11-8-13-7(18)9-10(14-8,20-9)15(3-12-9)6-1-4(17)5(2-16)19-6/h3-6,16-17H,1-2H2,(H3,11,13,14,18)/t4-,5+,6+,9?,10?/m0/s1. The number of carbonyl (C=O) groups is 1. The number of nitrogens with zero attached hydrogens (tertiary/aromatic N) is 3. The second-order valence-corrected chi connectivity index (χ2v) is 5.07. The molecule has 108 valence electrons. The van der Waals surface area contributed by atoms with Crippen LogP contribution < -0.4 is 11.1 Å². The Kier molecular flexibility index (Phi) is 2.08. The number of amides is 1. The third-order valence-electron chi connectivity index (χ3n) is 3.92. The Bertz CT molecular complexity index is 552. The lowest BCUT2D eigenvalue weighted by atomic mass is 10.1. The molecule has 4 aliphatic rings. The molecule has 0 saturated carbocycles. The second-order valence-electron chi connectivity index (χ2n) is 5.07. The lowest BCUT2D eigenvalue weighted by molar-refractivity contribution is -0.124. The van der Waals surface area contributed by atoms with E-state index in [1.54, 1.807) is 0 Å². The number of aliphatic imine (C=N–C) groups is 2. The Balaban J connectivity index is 1.65. The molecular formula is C10H13N5O5. The van der Waals surface area contributed by atoms with Crippen LogP contribution in [0, 0.1) is 0 Å². The molecular weight excluding hydrogens is 270 g/mol. The smallest absolute Gasteiger partial charge is 0.316 e. The SMILES string of the molecule is NC1=NC23OC2(N=CN3[C@H]2C[C@H](O)[C@@H](CO)O2)C(=O)N1. The molecule has 4 heterocycles. The van der Waals surface area contributed by atoms with Gasteiger partial charge in [-0.3, -0.25) is 19.7 Å². The zero-order valence-corrected chi connectivity index (χ0v) is 10.3. The molecule has 0 radical (unpaired) electrons. The van der Waals surface area contributed by atoms with Crippen molar-refractivity contribution >= 4 is 18.2 Å². The molecule has 0 aromatic heterocycles. The van der Waals surface area contributed by atoms with Crippen LogP contribution in [-0.4, -0.2) is 69.9 Å². The summed E-state index contributed by atoms with van der Waals surface area (Å²) in [6, 6.07) is 0. The highest BCUT2D eigenvalue weighted by Crippen LogP contribution is 2.58. The Morgan fingerprint density at radius 1 is 1.65 bits per heavy atom. The molecule has 20 heavy (non-hydrogen) atoms. The van der Waals surface area contributed by atoms with Crippen molar-refractivity contribution in [2.75, 3.05) is 6.61 Å². The summed E-state index contributed by atoms with van der Waals surface area (Å²) in [7, 11) is 0. The van der Waals surface area contributed by atoms with Gasteiger partial charge in [0, 0.05) is 6.42 Å². The van der Waals surface area contributed by atoms with Crippen molar-refractivity contribution in [3.05, 3.63) is 0 Å². The third-order valence-corrected chi connectivity index (χ3v) is 3.92. The highest BCUT2D eigenvalue weighted by atomic mass is 16.7.